The quantitative estimate of drug-likeness (QED) is 0.744. The molecule has 2 aromatic carbocycles. The van der Waals surface area contributed by atoms with Crippen molar-refractivity contribution >= 4 is 16.7 Å². The molecule has 1 saturated carbocycles. The van der Waals surface area contributed by atoms with Crippen molar-refractivity contribution in [3.63, 3.8) is 0 Å². The second kappa shape index (κ2) is 6.06. The van der Waals surface area contributed by atoms with Gasteiger partial charge >= 0.3 is 5.97 Å². The Hall–Kier alpha value is -3.46. The molecular weight excluding hydrogens is 347 g/mol. The molecule has 1 aromatic heterocycles. The van der Waals surface area contributed by atoms with Gasteiger partial charge in [0, 0.05) is 5.39 Å². The number of nitrogens with one attached hydrogen (secondary N) is 1. The Bertz CT molecular complexity index is 1170. The van der Waals surface area contributed by atoms with E-state index < -0.39 is 22.8 Å². The largest absolute Gasteiger partial charge is 0.480 e. The number of nitrogens with zero attached hydrogens (tertiary/aromatic N) is 1. The van der Waals surface area contributed by atoms with Crippen molar-refractivity contribution in [3.05, 3.63) is 81.5 Å². The fraction of sp³-hybridized carbons (Fsp3) is 0.190. The van der Waals surface area contributed by atoms with Crippen LogP contribution in [-0.2, 0) is 10.2 Å². The number of hydrogen-bond acceptors (Lipinski definition) is 3. The van der Waals surface area contributed by atoms with Crippen LogP contribution in [0.15, 0.2) is 53.3 Å². The summed E-state index contributed by atoms with van der Waals surface area (Å²) in [4.78, 5) is 27.1. The first-order chi connectivity index (χ1) is 13.0. The van der Waals surface area contributed by atoms with E-state index in [1.54, 1.807) is 24.3 Å². The van der Waals surface area contributed by atoms with E-state index in [0.717, 1.165) is 12.8 Å². The molecule has 1 aliphatic rings. The lowest BCUT2D eigenvalue weighted by Gasteiger charge is -2.31. The van der Waals surface area contributed by atoms with Gasteiger partial charge in [0.1, 0.15) is 23.0 Å². The number of pyridine rings is 1. The zero-order valence-electron chi connectivity index (χ0n) is 14.2. The van der Waals surface area contributed by atoms with Gasteiger partial charge < -0.3 is 10.1 Å². The van der Waals surface area contributed by atoms with Crippen LogP contribution in [0.4, 0.5) is 4.39 Å². The second-order valence-corrected chi connectivity index (χ2v) is 6.82. The highest BCUT2D eigenvalue weighted by molar-refractivity contribution is 5.90. The van der Waals surface area contributed by atoms with E-state index in [4.69, 9.17) is 5.26 Å². The number of aromatic nitrogens is 1. The number of nitriles is 1. The van der Waals surface area contributed by atoms with Crippen LogP contribution in [0.5, 0.6) is 0 Å². The Balaban J connectivity index is 2.03. The van der Waals surface area contributed by atoms with Crippen molar-refractivity contribution in [2.24, 2.45) is 5.92 Å². The number of halogens is 1. The number of benzene rings is 2. The molecule has 0 saturated heterocycles. The average molecular weight is 362 g/mol. The van der Waals surface area contributed by atoms with Gasteiger partial charge in [-0.1, -0.05) is 18.2 Å². The van der Waals surface area contributed by atoms with Crippen LogP contribution in [-0.4, -0.2) is 16.1 Å². The molecule has 0 bridgehead atoms. The van der Waals surface area contributed by atoms with Gasteiger partial charge in [-0.25, -0.2) is 4.39 Å². The highest BCUT2D eigenvalue weighted by atomic mass is 19.1. The number of H-pyrrole nitrogens is 1. The summed E-state index contributed by atoms with van der Waals surface area (Å²) in [6.45, 7) is 0. The normalized spacial score (nSPS) is 15.9. The fourth-order valence-electron chi connectivity index (χ4n) is 3.89. The van der Waals surface area contributed by atoms with Gasteiger partial charge in [-0.2, -0.15) is 5.26 Å². The van der Waals surface area contributed by atoms with E-state index in [1.165, 1.54) is 24.3 Å². The summed E-state index contributed by atoms with van der Waals surface area (Å²) >= 11 is 0. The minimum absolute atomic E-state index is 0.0998. The van der Waals surface area contributed by atoms with Crippen molar-refractivity contribution < 1.29 is 14.3 Å². The third-order valence-electron chi connectivity index (χ3n) is 5.23. The SMILES string of the molecule is N#Cc1cc2cc(C(C(=O)O)(c3cccc(F)c3)C3CC3)ccc2c(=O)[nH]1. The molecular formula is C21H15FN2O3. The van der Waals surface area contributed by atoms with Crippen LogP contribution in [0.3, 0.4) is 0 Å². The number of aromatic amines is 1. The Morgan fingerprint density at radius 1 is 1.19 bits per heavy atom. The standard InChI is InChI=1S/C21H15FN2O3/c22-16-3-1-2-14(10-16)21(20(26)27,13-4-5-13)15-6-7-18-12(8-15)9-17(11-23)24-19(18)25/h1-3,6-10,13H,4-5H2,(H,24,25)(H,26,27). The summed E-state index contributed by atoms with van der Waals surface area (Å²) < 4.78 is 13.9. The summed E-state index contributed by atoms with van der Waals surface area (Å²) in [6, 6.07) is 13.9. The topological polar surface area (TPSA) is 93.9 Å². The Morgan fingerprint density at radius 3 is 2.56 bits per heavy atom. The molecule has 1 aliphatic carbocycles. The van der Waals surface area contributed by atoms with E-state index in [0.29, 0.717) is 21.9 Å². The summed E-state index contributed by atoms with van der Waals surface area (Å²) in [6.07, 6.45) is 1.44. The van der Waals surface area contributed by atoms with E-state index >= 15 is 0 Å². The number of rotatable bonds is 4. The Labute approximate surface area is 153 Å². The molecule has 1 fully saturated rings. The lowest BCUT2D eigenvalue weighted by Crippen LogP contribution is -2.39. The first-order valence-electron chi connectivity index (χ1n) is 8.54. The van der Waals surface area contributed by atoms with E-state index in [2.05, 4.69) is 4.98 Å². The van der Waals surface area contributed by atoms with Gasteiger partial charge in [0.05, 0.1) is 0 Å². The Kier molecular flexibility index (Phi) is 3.81. The molecule has 0 radical (unpaired) electrons. The molecule has 3 aromatic rings. The predicted molar refractivity (Wildman–Crippen MR) is 96.8 cm³/mol. The number of aliphatic carboxylic acids is 1. The minimum Gasteiger partial charge on any atom is -0.480 e. The first-order valence-corrected chi connectivity index (χ1v) is 8.54. The summed E-state index contributed by atoms with van der Waals surface area (Å²) in [5.41, 5.74) is -0.852. The summed E-state index contributed by atoms with van der Waals surface area (Å²) in [5.74, 6) is -1.71. The van der Waals surface area contributed by atoms with Crippen LogP contribution >= 0.6 is 0 Å². The molecule has 27 heavy (non-hydrogen) atoms. The van der Waals surface area contributed by atoms with Gasteiger partial charge in [-0.3, -0.25) is 9.59 Å². The monoisotopic (exact) mass is 362 g/mol. The number of fused-ring (bicyclic) bond motifs is 1. The van der Waals surface area contributed by atoms with Gasteiger partial charge in [0.25, 0.3) is 5.56 Å². The highest BCUT2D eigenvalue weighted by Gasteiger charge is 2.53. The zero-order valence-corrected chi connectivity index (χ0v) is 14.2. The van der Waals surface area contributed by atoms with E-state index in [1.807, 2.05) is 6.07 Å². The smallest absolute Gasteiger partial charge is 0.318 e. The number of carbonyl (C=O) groups is 1. The number of carboxylic acid groups (broad SMARTS) is 1. The van der Waals surface area contributed by atoms with Gasteiger partial charge in [0.15, 0.2) is 0 Å². The van der Waals surface area contributed by atoms with Gasteiger partial charge in [-0.05, 0) is 65.6 Å². The molecule has 4 rings (SSSR count). The molecule has 6 heteroatoms. The molecule has 1 heterocycles. The van der Waals surface area contributed by atoms with Crippen LogP contribution in [0.2, 0.25) is 0 Å². The fourth-order valence-corrected chi connectivity index (χ4v) is 3.89. The van der Waals surface area contributed by atoms with Crippen LogP contribution in [0, 0.1) is 23.1 Å². The van der Waals surface area contributed by atoms with Crippen LogP contribution < -0.4 is 5.56 Å². The molecule has 0 spiro atoms. The zero-order chi connectivity index (χ0) is 19.2. The maximum atomic E-state index is 13.9. The van der Waals surface area contributed by atoms with Crippen LogP contribution in [0.1, 0.15) is 29.7 Å². The molecule has 1 unspecified atom stereocenters. The van der Waals surface area contributed by atoms with Crippen molar-refractivity contribution in [2.75, 3.05) is 0 Å². The van der Waals surface area contributed by atoms with Gasteiger partial charge in [-0.15, -0.1) is 0 Å². The summed E-state index contributed by atoms with van der Waals surface area (Å²) in [5, 5.41) is 20.2. The lowest BCUT2D eigenvalue weighted by molar-refractivity contribution is -0.143. The van der Waals surface area contributed by atoms with Crippen molar-refractivity contribution in [1.29, 1.82) is 5.26 Å². The number of carboxylic acids is 1. The second-order valence-electron chi connectivity index (χ2n) is 6.82. The van der Waals surface area contributed by atoms with Crippen molar-refractivity contribution in [2.45, 2.75) is 18.3 Å². The number of hydrogen-bond donors (Lipinski definition) is 2. The van der Waals surface area contributed by atoms with E-state index in [9.17, 15) is 19.1 Å². The summed E-state index contributed by atoms with van der Waals surface area (Å²) in [7, 11) is 0. The lowest BCUT2D eigenvalue weighted by atomic mass is 9.70. The van der Waals surface area contributed by atoms with E-state index in [-0.39, 0.29) is 11.6 Å². The highest BCUT2D eigenvalue weighted by Crippen LogP contribution is 2.52. The molecule has 1 atom stereocenters. The molecule has 134 valence electrons. The first kappa shape index (κ1) is 17.0. The average Bonchev–Trinajstić information content (AvgIpc) is 3.47. The predicted octanol–water partition coefficient (Wildman–Crippen LogP) is 3.32. The maximum Gasteiger partial charge on any atom is 0.318 e. The third kappa shape index (κ3) is 2.59. The van der Waals surface area contributed by atoms with Crippen LogP contribution in [0.25, 0.3) is 10.8 Å². The van der Waals surface area contributed by atoms with Crippen molar-refractivity contribution in [1.82, 2.24) is 4.98 Å². The van der Waals surface area contributed by atoms with Gasteiger partial charge in [0.2, 0.25) is 0 Å². The Morgan fingerprint density at radius 2 is 1.93 bits per heavy atom. The molecule has 2 N–H and O–H groups in total. The molecule has 5 nitrogen and oxygen atoms in total. The minimum atomic E-state index is -1.40. The third-order valence-corrected chi connectivity index (χ3v) is 5.23. The van der Waals surface area contributed by atoms with Crippen molar-refractivity contribution in [3.8, 4) is 6.07 Å². The molecule has 0 aliphatic heterocycles. The maximum absolute atomic E-state index is 13.9. The molecule has 0 amide bonds.